The van der Waals surface area contributed by atoms with Crippen LogP contribution in [-0.4, -0.2) is 35.6 Å². The number of hydrogen-bond acceptors (Lipinski definition) is 3. The van der Waals surface area contributed by atoms with Crippen molar-refractivity contribution >= 4 is 0 Å². The Hall–Kier alpha value is -1.00. The van der Waals surface area contributed by atoms with Crippen LogP contribution in [0, 0.1) is 11.7 Å². The lowest BCUT2D eigenvalue weighted by atomic mass is 9.91. The van der Waals surface area contributed by atoms with E-state index in [1.165, 1.54) is 37.9 Å². The predicted octanol–water partition coefficient (Wildman–Crippen LogP) is 2.74. The van der Waals surface area contributed by atoms with Gasteiger partial charge in [0.25, 0.3) is 0 Å². The highest BCUT2D eigenvalue weighted by Gasteiger charge is 2.38. The van der Waals surface area contributed by atoms with E-state index < -0.39 is 0 Å². The Bertz CT molecular complexity index is 434. The van der Waals surface area contributed by atoms with Gasteiger partial charge in [0.05, 0.1) is 11.9 Å². The Morgan fingerprint density at radius 1 is 1.35 bits per heavy atom. The van der Waals surface area contributed by atoms with Crippen molar-refractivity contribution in [2.45, 2.75) is 50.7 Å². The zero-order chi connectivity index (χ0) is 14.1. The van der Waals surface area contributed by atoms with Crippen molar-refractivity contribution in [2.75, 3.05) is 13.6 Å². The molecular formula is C16H24FN3. The maximum absolute atomic E-state index is 12.9. The number of hydrogen-bond donors (Lipinski definition) is 1. The molecule has 3 rings (SSSR count). The third-order valence-electron chi connectivity index (χ3n) is 5.10. The van der Waals surface area contributed by atoms with Gasteiger partial charge in [-0.15, -0.1) is 0 Å². The van der Waals surface area contributed by atoms with E-state index >= 15 is 0 Å². The van der Waals surface area contributed by atoms with Gasteiger partial charge in [-0.25, -0.2) is 4.39 Å². The summed E-state index contributed by atoms with van der Waals surface area (Å²) in [5.74, 6) is 0.499. The van der Waals surface area contributed by atoms with Gasteiger partial charge in [-0.05, 0) is 64.3 Å². The molecular weight excluding hydrogens is 253 g/mol. The van der Waals surface area contributed by atoms with Crippen LogP contribution in [0.15, 0.2) is 18.3 Å². The molecule has 1 aromatic heterocycles. The molecule has 110 valence electrons. The molecule has 3 unspecified atom stereocenters. The Morgan fingerprint density at radius 3 is 2.65 bits per heavy atom. The molecule has 0 aromatic carbocycles. The summed E-state index contributed by atoms with van der Waals surface area (Å²) in [6.45, 7) is 3.14. The first kappa shape index (κ1) is 14.0. The molecule has 2 bridgehead atoms. The highest BCUT2D eigenvalue weighted by Crippen LogP contribution is 2.37. The van der Waals surface area contributed by atoms with Crippen LogP contribution in [0.25, 0.3) is 0 Å². The maximum Gasteiger partial charge on any atom is 0.141 e. The summed E-state index contributed by atoms with van der Waals surface area (Å²) >= 11 is 0. The largest absolute Gasteiger partial charge is 0.309 e. The summed E-state index contributed by atoms with van der Waals surface area (Å²) in [4.78, 5) is 6.72. The van der Waals surface area contributed by atoms with E-state index in [9.17, 15) is 4.39 Å². The molecule has 0 radical (unpaired) electrons. The average molecular weight is 277 g/mol. The van der Waals surface area contributed by atoms with Crippen molar-refractivity contribution in [2.24, 2.45) is 5.92 Å². The monoisotopic (exact) mass is 277 g/mol. The first-order valence-electron chi connectivity index (χ1n) is 7.70. The van der Waals surface area contributed by atoms with Crippen molar-refractivity contribution in [1.29, 1.82) is 0 Å². The van der Waals surface area contributed by atoms with Crippen LogP contribution in [0.2, 0.25) is 0 Å². The van der Waals surface area contributed by atoms with Gasteiger partial charge in [-0.3, -0.25) is 4.98 Å². The first-order chi connectivity index (χ1) is 9.63. The number of aromatic nitrogens is 1. The van der Waals surface area contributed by atoms with Gasteiger partial charge in [0.1, 0.15) is 5.82 Å². The van der Waals surface area contributed by atoms with Gasteiger partial charge >= 0.3 is 0 Å². The predicted molar refractivity (Wildman–Crippen MR) is 77.9 cm³/mol. The maximum atomic E-state index is 12.9. The van der Waals surface area contributed by atoms with Gasteiger partial charge < -0.3 is 10.2 Å². The van der Waals surface area contributed by atoms with E-state index in [0.29, 0.717) is 0 Å². The number of pyridine rings is 1. The minimum atomic E-state index is -0.271. The van der Waals surface area contributed by atoms with Crippen LogP contribution in [0.4, 0.5) is 4.39 Å². The van der Waals surface area contributed by atoms with Crippen LogP contribution in [0.3, 0.4) is 0 Å². The third kappa shape index (κ3) is 2.86. The normalized spacial score (nSPS) is 31.4. The van der Waals surface area contributed by atoms with Crippen molar-refractivity contribution < 1.29 is 4.39 Å². The Kier molecular flexibility index (Phi) is 4.03. The zero-order valence-corrected chi connectivity index (χ0v) is 12.3. The Labute approximate surface area is 120 Å². The molecule has 1 aromatic rings. The molecule has 3 atom stereocenters. The molecule has 4 heteroatoms. The fraction of sp³-hybridized carbons (Fsp3) is 0.688. The summed E-state index contributed by atoms with van der Waals surface area (Å²) in [5, 5.41) is 3.57. The molecule has 0 spiro atoms. The standard InChI is InChI=1S/C16H24FN3/c1-11(16-6-3-13(17)10-19-16)18-9-12-7-14-4-5-15(8-12)20(14)2/h3,6,10-12,14-15,18H,4-5,7-9H2,1-2H3. The third-order valence-corrected chi connectivity index (χ3v) is 5.10. The van der Waals surface area contributed by atoms with Crippen LogP contribution in [0.5, 0.6) is 0 Å². The number of piperidine rings is 1. The van der Waals surface area contributed by atoms with Crippen LogP contribution < -0.4 is 5.32 Å². The van der Waals surface area contributed by atoms with Crippen molar-refractivity contribution in [3.05, 3.63) is 29.8 Å². The minimum Gasteiger partial charge on any atom is -0.309 e. The summed E-state index contributed by atoms with van der Waals surface area (Å²) in [6, 6.07) is 5.02. The summed E-state index contributed by atoms with van der Waals surface area (Å²) < 4.78 is 12.9. The van der Waals surface area contributed by atoms with Crippen LogP contribution in [-0.2, 0) is 0 Å². The van der Waals surface area contributed by atoms with Crippen molar-refractivity contribution in [1.82, 2.24) is 15.2 Å². The van der Waals surface area contributed by atoms with Crippen LogP contribution >= 0.6 is 0 Å². The number of halogens is 1. The van der Waals surface area contributed by atoms with Gasteiger partial charge in [0, 0.05) is 18.1 Å². The fourth-order valence-electron chi connectivity index (χ4n) is 3.78. The number of nitrogens with zero attached hydrogens (tertiary/aromatic N) is 2. The smallest absolute Gasteiger partial charge is 0.141 e. The molecule has 2 aliphatic rings. The lowest BCUT2D eigenvalue weighted by Crippen LogP contribution is -2.42. The Balaban J connectivity index is 1.51. The van der Waals surface area contributed by atoms with Gasteiger partial charge in [0.2, 0.25) is 0 Å². The highest BCUT2D eigenvalue weighted by atomic mass is 19.1. The summed E-state index contributed by atoms with van der Waals surface area (Å²) in [7, 11) is 2.27. The fourth-order valence-corrected chi connectivity index (χ4v) is 3.78. The van der Waals surface area contributed by atoms with E-state index in [-0.39, 0.29) is 11.9 Å². The van der Waals surface area contributed by atoms with E-state index in [0.717, 1.165) is 30.2 Å². The minimum absolute atomic E-state index is 0.188. The number of rotatable bonds is 4. The molecule has 2 aliphatic heterocycles. The number of nitrogens with one attached hydrogen (secondary N) is 1. The molecule has 3 heterocycles. The molecule has 2 fully saturated rings. The molecule has 3 nitrogen and oxygen atoms in total. The van der Waals surface area contributed by atoms with E-state index in [2.05, 4.69) is 29.2 Å². The van der Waals surface area contributed by atoms with Gasteiger partial charge in [-0.2, -0.15) is 0 Å². The summed E-state index contributed by atoms with van der Waals surface area (Å²) in [6.07, 6.45) is 6.65. The van der Waals surface area contributed by atoms with Gasteiger partial charge in [-0.1, -0.05) is 0 Å². The topological polar surface area (TPSA) is 28.2 Å². The van der Waals surface area contributed by atoms with E-state index in [4.69, 9.17) is 0 Å². The molecule has 2 saturated heterocycles. The lowest BCUT2D eigenvalue weighted by Gasteiger charge is -2.36. The lowest BCUT2D eigenvalue weighted by molar-refractivity contribution is 0.131. The van der Waals surface area contributed by atoms with Crippen molar-refractivity contribution in [3.8, 4) is 0 Å². The first-order valence-corrected chi connectivity index (χ1v) is 7.70. The van der Waals surface area contributed by atoms with Crippen molar-refractivity contribution in [3.63, 3.8) is 0 Å². The summed E-state index contributed by atoms with van der Waals surface area (Å²) in [5.41, 5.74) is 0.919. The highest BCUT2D eigenvalue weighted by molar-refractivity contribution is 5.09. The van der Waals surface area contributed by atoms with Gasteiger partial charge in [0.15, 0.2) is 0 Å². The zero-order valence-electron chi connectivity index (χ0n) is 12.3. The van der Waals surface area contributed by atoms with Crippen LogP contribution in [0.1, 0.15) is 44.3 Å². The molecule has 0 amide bonds. The van der Waals surface area contributed by atoms with E-state index in [1.807, 2.05) is 0 Å². The second-order valence-electron chi connectivity index (χ2n) is 6.42. The quantitative estimate of drug-likeness (QED) is 0.917. The SMILES string of the molecule is CC(NCC1CC2CCC(C1)N2C)c1ccc(F)cn1. The molecule has 0 saturated carbocycles. The second-order valence-corrected chi connectivity index (χ2v) is 6.42. The second kappa shape index (κ2) is 5.78. The van der Waals surface area contributed by atoms with E-state index in [1.54, 1.807) is 6.07 Å². The molecule has 1 N–H and O–H groups in total. The average Bonchev–Trinajstić information content (AvgIpc) is 2.66. The molecule has 20 heavy (non-hydrogen) atoms. The Morgan fingerprint density at radius 2 is 2.05 bits per heavy atom. The molecule has 0 aliphatic carbocycles. The number of fused-ring (bicyclic) bond motifs is 2.